The van der Waals surface area contributed by atoms with Crippen molar-refractivity contribution in [3.63, 3.8) is 0 Å². The van der Waals surface area contributed by atoms with Crippen molar-refractivity contribution in [3.05, 3.63) is 193 Å². The highest BCUT2D eigenvalue weighted by Crippen LogP contribution is 2.43. The molecule has 0 fully saturated rings. The van der Waals surface area contributed by atoms with Crippen molar-refractivity contribution in [1.29, 1.82) is 0 Å². The van der Waals surface area contributed by atoms with E-state index in [2.05, 4.69) is 206 Å². The SMILES string of the molecule is Cc1ccccc1N(c1ccccc1)c1ccc2cc3c(cc2c1)oc1cc2c(cc13)oc1cc3cc(N(c4ccccc4)c4ccccc4C)ccc3cc12. The third-order valence-corrected chi connectivity index (χ3v) is 11.2. The molecule has 0 aliphatic heterocycles. The van der Waals surface area contributed by atoms with Crippen LogP contribution < -0.4 is 9.80 Å². The molecule has 11 aromatic rings. The molecule has 4 heteroatoms. The summed E-state index contributed by atoms with van der Waals surface area (Å²) < 4.78 is 13.3. The Hall–Kier alpha value is -7.30. The van der Waals surface area contributed by atoms with Crippen LogP contribution in [0, 0.1) is 13.8 Å². The summed E-state index contributed by atoms with van der Waals surface area (Å²) in [6, 6.07) is 64.7. The largest absolute Gasteiger partial charge is 0.456 e. The van der Waals surface area contributed by atoms with Crippen molar-refractivity contribution in [2.24, 2.45) is 0 Å². The lowest BCUT2D eigenvalue weighted by molar-refractivity contribution is 0.664. The maximum Gasteiger partial charge on any atom is 0.136 e. The summed E-state index contributed by atoms with van der Waals surface area (Å²) in [6.45, 7) is 4.32. The van der Waals surface area contributed by atoms with Crippen molar-refractivity contribution in [2.45, 2.75) is 13.8 Å². The van der Waals surface area contributed by atoms with E-state index in [0.717, 1.165) is 99.5 Å². The van der Waals surface area contributed by atoms with Gasteiger partial charge in [-0.3, -0.25) is 0 Å². The number of furan rings is 2. The van der Waals surface area contributed by atoms with Crippen LogP contribution in [0.1, 0.15) is 11.1 Å². The van der Waals surface area contributed by atoms with Gasteiger partial charge in [0.2, 0.25) is 0 Å². The van der Waals surface area contributed by atoms with Gasteiger partial charge in [-0.25, -0.2) is 0 Å². The Morgan fingerprint density at radius 3 is 1.11 bits per heavy atom. The molecule has 56 heavy (non-hydrogen) atoms. The van der Waals surface area contributed by atoms with Gasteiger partial charge in [0, 0.05) is 55.7 Å². The van der Waals surface area contributed by atoms with E-state index in [4.69, 9.17) is 8.83 Å². The molecule has 266 valence electrons. The van der Waals surface area contributed by atoms with Gasteiger partial charge in [-0.1, -0.05) is 84.9 Å². The molecule has 2 aromatic heterocycles. The van der Waals surface area contributed by atoms with Crippen molar-refractivity contribution in [3.8, 4) is 0 Å². The zero-order chi connectivity index (χ0) is 37.3. The Labute approximate surface area is 324 Å². The molecule has 9 aromatic carbocycles. The minimum atomic E-state index is 0.851. The first-order valence-corrected chi connectivity index (χ1v) is 19.1. The minimum absolute atomic E-state index is 0.851. The van der Waals surface area contributed by atoms with Gasteiger partial charge in [-0.2, -0.15) is 0 Å². The van der Waals surface area contributed by atoms with Crippen molar-refractivity contribution in [2.75, 3.05) is 9.80 Å². The normalized spacial score (nSPS) is 11.8. The summed E-state index contributed by atoms with van der Waals surface area (Å²) in [4.78, 5) is 4.65. The topological polar surface area (TPSA) is 32.8 Å². The third kappa shape index (κ3) is 5.22. The molecule has 0 aliphatic rings. The van der Waals surface area contributed by atoms with E-state index >= 15 is 0 Å². The highest BCUT2D eigenvalue weighted by atomic mass is 16.3. The van der Waals surface area contributed by atoms with Crippen LogP contribution in [0.3, 0.4) is 0 Å². The summed E-state index contributed by atoms with van der Waals surface area (Å²) in [6.07, 6.45) is 0. The number of hydrogen-bond donors (Lipinski definition) is 0. The Bertz CT molecular complexity index is 3060. The number of para-hydroxylation sites is 4. The minimum Gasteiger partial charge on any atom is -0.456 e. The maximum absolute atomic E-state index is 6.64. The number of fused-ring (bicyclic) bond motifs is 8. The van der Waals surface area contributed by atoms with Gasteiger partial charge in [0.15, 0.2) is 0 Å². The Balaban J connectivity index is 1.01. The van der Waals surface area contributed by atoms with E-state index in [-0.39, 0.29) is 0 Å². The average Bonchev–Trinajstić information content (AvgIpc) is 3.76. The van der Waals surface area contributed by atoms with E-state index in [1.54, 1.807) is 0 Å². The lowest BCUT2D eigenvalue weighted by Gasteiger charge is -2.27. The number of benzene rings is 9. The molecule has 0 atom stereocenters. The summed E-state index contributed by atoms with van der Waals surface area (Å²) >= 11 is 0. The van der Waals surface area contributed by atoms with Crippen molar-refractivity contribution < 1.29 is 8.83 Å². The van der Waals surface area contributed by atoms with E-state index < -0.39 is 0 Å². The Kier molecular flexibility index (Phi) is 7.26. The summed E-state index contributed by atoms with van der Waals surface area (Å²) in [7, 11) is 0. The first kappa shape index (κ1) is 32.2. The molecular weight excluding hydrogens is 685 g/mol. The first-order chi connectivity index (χ1) is 27.6. The van der Waals surface area contributed by atoms with E-state index in [1.165, 1.54) is 11.1 Å². The molecule has 0 bridgehead atoms. The number of nitrogens with zero attached hydrogens (tertiary/aromatic N) is 2. The molecule has 0 spiro atoms. The zero-order valence-electron chi connectivity index (χ0n) is 31.0. The summed E-state index contributed by atoms with van der Waals surface area (Å²) in [5.74, 6) is 0. The van der Waals surface area contributed by atoms with Gasteiger partial charge in [-0.05, 0) is 144 Å². The molecule has 0 aliphatic carbocycles. The summed E-state index contributed by atoms with van der Waals surface area (Å²) in [5.41, 5.74) is 12.6. The lowest BCUT2D eigenvalue weighted by Crippen LogP contribution is -2.11. The Morgan fingerprint density at radius 1 is 0.304 bits per heavy atom. The van der Waals surface area contributed by atoms with Gasteiger partial charge in [-0.15, -0.1) is 0 Å². The fourth-order valence-corrected chi connectivity index (χ4v) is 8.42. The van der Waals surface area contributed by atoms with Gasteiger partial charge in [0.1, 0.15) is 22.3 Å². The molecule has 11 rings (SSSR count). The van der Waals surface area contributed by atoms with Gasteiger partial charge >= 0.3 is 0 Å². The van der Waals surface area contributed by atoms with Crippen molar-refractivity contribution in [1.82, 2.24) is 0 Å². The number of anilines is 6. The molecular formula is C52H36N2O2. The monoisotopic (exact) mass is 720 g/mol. The molecule has 0 saturated carbocycles. The van der Waals surface area contributed by atoms with Crippen LogP contribution in [-0.2, 0) is 0 Å². The van der Waals surface area contributed by atoms with Crippen LogP contribution >= 0.6 is 0 Å². The predicted molar refractivity (Wildman–Crippen MR) is 235 cm³/mol. The molecule has 2 heterocycles. The lowest BCUT2D eigenvalue weighted by atomic mass is 10.0. The maximum atomic E-state index is 6.64. The first-order valence-electron chi connectivity index (χ1n) is 19.1. The number of aryl methyl sites for hydroxylation is 2. The Morgan fingerprint density at radius 2 is 0.679 bits per heavy atom. The van der Waals surface area contributed by atoms with Crippen LogP contribution in [0.15, 0.2) is 191 Å². The quantitative estimate of drug-likeness (QED) is 0.171. The zero-order valence-corrected chi connectivity index (χ0v) is 31.0. The average molecular weight is 721 g/mol. The molecule has 0 saturated heterocycles. The molecule has 4 nitrogen and oxygen atoms in total. The van der Waals surface area contributed by atoms with Gasteiger partial charge in [0.05, 0.1) is 0 Å². The second kappa shape index (κ2) is 12.6. The molecule has 0 radical (unpaired) electrons. The standard InChI is InChI=1S/C52H36N2O2/c1-33-13-9-11-19-47(33)53(39-15-5-3-6-16-39)41-23-21-35-27-43-45-31-52-46(32-51(45)55-49(43)29-37(35)25-41)44-28-36-22-24-42(26-38(36)30-50(44)56-52)54(40-17-7-4-8-18-40)48-20-12-10-14-34(48)2/h3-32H,1-2H3. The summed E-state index contributed by atoms with van der Waals surface area (Å²) in [5, 5.41) is 8.81. The second-order valence-electron chi connectivity index (χ2n) is 14.7. The van der Waals surface area contributed by atoms with Gasteiger partial charge in [0.25, 0.3) is 0 Å². The van der Waals surface area contributed by atoms with Crippen LogP contribution in [0.2, 0.25) is 0 Å². The van der Waals surface area contributed by atoms with Crippen LogP contribution in [0.25, 0.3) is 65.4 Å². The third-order valence-electron chi connectivity index (χ3n) is 11.2. The fourth-order valence-electron chi connectivity index (χ4n) is 8.42. The highest BCUT2D eigenvalue weighted by Gasteiger charge is 2.19. The molecule has 0 unspecified atom stereocenters. The fraction of sp³-hybridized carbons (Fsp3) is 0.0385. The predicted octanol–water partition coefficient (Wildman–Crippen LogP) is 15.3. The van der Waals surface area contributed by atoms with Crippen LogP contribution in [0.5, 0.6) is 0 Å². The van der Waals surface area contributed by atoms with Gasteiger partial charge < -0.3 is 18.6 Å². The smallest absolute Gasteiger partial charge is 0.136 e. The van der Waals surface area contributed by atoms with Crippen LogP contribution in [-0.4, -0.2) is 0 Å². The van der Waals surface area contributed by atoms with Crippen molar-refractivity contribution >= 4 is 99.5 Å². The molecule has 0 amide bonds. The van der Waals surface area contributed by atoms with E-state index in [1.807, 2.05) is 0 Å². The van der Waals surface area contributed by atoms with E-state index in [9.17, 15) is 0 Å². The van der Waals surface area contributed by atoms with Crippen LogP contribution in [0.4, 0.5) is 34.1 Å². The molecule has 0 N–H and O–H groups in total. The number of hydrogen-bond acceptors (Lipinski definition) is 4. The second-order valence-corrected chi connectivity index (χ2v) is 14.7. The number of rotatable bonds is 6. The van der Waals surface area contributed by atoms with E-state index in [0.29, 0.717) is 0 Å². The highest BCUT2D eigenvalue weighted by molar-refractivity contribution is 6.18.